The average Bonchev–Trinajstić information content (AvgIpc) is 3.52. The fourth-order valence-corrected chi connectivity index (χ4v) is 5.97. The summed E-state index contributed by atoms with van der Waals surface area (Å²) in [5, 5.41) is 1.16. The molecule has 3 aromatic rings. The smallest absolute Gasteiger partial charge is 0.254 e. The van der Waals surface area contributed by atoms with Crippen LogP contribution in [0.3, 0.4) is 0 Å². The molecule has 2 aliphatic rings. The molecule has 5 rings (SSSR count). The first-order valence-electron chi connectivity index (χ1n) is 11.4. The second-order valence-electron chi connectivity index (χ2n) is 9.09. The monoisotopic (exact) mass is 467 g/mol. The topological polar surface area (TPSA) is 91.5 Å². The summed E-state index contributed by atoms with van der Waals surface area (Å²) in [6.45, 7) is 3.12. The van der Waals surface area contributed by atoms with Gasteiger partial charge < -0.3 is 14.6 Å². The molecule has 1 aliphatic carbocycles. The lowest BCUT2D eigenvalue weighted by atomic mass is 9.89. The Morgan fingerprint density at radius 3 is 2.55 bits per heavy atom. The van der Waals surface area contributed by atoms with Gasteiger partial charge in [0.1, 0.15) is 5.75 Å². The van der Waals surface area contributed by atoms with Crippen molar-refractivity contribution in [2.75, 3.05) is 20.2 Å². The number of piperidine rings is 1. The number of likely N-dealkylation sites (tertiary alicyclic amines) is 1. The first-order valence-corrected chi connectivity index (χ1v) is 12.9. The van der Waals surface area contributed by atoms with Crippen molar-refractivity contribution in [2.24, 2.45) is 0 Å². The molecule has 1 saturated heterocycles. The second-order valence-corrected chi connectivity index (χ2v) is 10.8. The Morgan fingerprint density at radius 2 is 1.85 bits per heavy atom. The summed E-state index contributed by atoms with van der Waals surface area (Å²) < 4.78 is 33.3. The van der Waals surface area contributed by atoms with Crippen molar-refractivity contribution in [3.63, 3.8) is 0 Å². The van der Waals surface area contributed by atoms with E-state index in [1.165, 1.54) is 11.6 Å². The number of nitrogens with zero attached hydrogens (tertiary/aromatic N) is 1. The van der Waals surface area contributed by atoms with Crippen molar-refractivity contribution in [3.8, 4) is 5.75 Å². The van der Waals surface area contributed by atoms with Gasteiger partial charge in [0.25, 0.3) is 5.91 Å². The third-order valence-electron chi connectivity index (χ3n) is 6.79. The number of amides is 1. The highest BCUT2D eigenvalue weighted by atomic mass is 32.2. The molecule has 0 atom stereocenters. The van der Waals surface area contributed by atoms with Gasteiger partial charge in [-0.05, 0) is 80.0 Å². The van der Waals surface area contributed by atoms with E-state index in [2.05, 4.69) is 22.0 Å². The highest BCUT2D eigenvalue weighted by Crippen LogP contribution is 2.35. The summed E-state index contributed by atoms with van der Waals surface area (Å²) in [6.07, 6.45) is 5.52. The fourth-order valence-electron chi connectivity index (χ4n) is 4.64. The Bertz CT molecular complexity index is 1300. The molecule has 1 amide bonds. The number of ether oxygens (including phenoxy) is 1. The van der Waals surface area contributed by atoms with Gasteiger partial charge in [-0.3, -0.25) is 4.79 Å². The summed E-state index contributed by atoms with van der Waals surface area (Å²) in [5.74, 6) is 1.08. The predicted octanol–water partition coefficient (Wildman–Crippen LogP) is 3.95. The minimum Gasteiger partial charge on any atom is -0.497 e. The number of H-pyrrole nitrogens is 1. The molecule has 7 nitrogen and oxygen atoms in total. The molecule has 33 heavy (non-hydrogen) atoms. The van der Waals surface area contributed by atoms with E-state index in [1.807, 2.05) is 24.0 Å². The third-order valence-corrected chi connectivity index (χ3v) is 8.31. The van der Waals surface area contributed by atoms with Crippen LogP contribution in [0, 0.1) is 6.92 Å². The Labute approximate surface area is 194 Å². The van der Waals surface area contributed by atoms with Gasteiger partial charge in [0.2, 0.25) is 10.0 Å². The van der Waals surface area contributed by atoms with E-state index >= 15 is 0 Å². The number of rotatable bonds is 6. The molecule has 2 aromatic carbocycles. The van der Waals surface area contributed by atoms with E-state index in [4.69, 9.17) is 4.74 Å². The SMILES string of the molecule is COc1ccc2[nH]cc(C3CCN(C(=O)c4cc(S(=O)(=O)NC5CC5)ccc4C)CC3)c2c1. The lowest BCUT2D eigenvalue weighted by Crippen LogP contribution is -2.38. The molecule has 0 unspecified atom stereocenters. The number of aromatic amines is 1. The molecule has 174 valence electrons. The van der Waals surface area contributed by atoms with Crippen LogP contribution in [0.5, 0.6) is 5.75 Å². The number of carbonyl (C=O) groups excluding carboxylic acids is 1. The first-order chi connectivity index (χ1) is 15.9. The van der Waals surface area contributed by atoms with Crippen LogP contribution in [0.25, 0.3) is 10.9 Å². The van der Waals surface area contributed by atoms with Crippen molar-refractivity contribution in [2.45, 2.75) is 49.5 Å². The maximum absolute atomic E-state index is 13.3. The number of carbonyl (C=O) groups is 1. The Balaban J connectivity index is 1.31. The number of hydrogen-bond donors (Lipinski definition) is 2. The summed E-state index contributed by atoms with van der Waals surface area (Å²) in [6, 6.07) is 10.9. The number of aromatic nitrogens is 1. The van der Waals surface area contributed by atoms with Gasteiger partial charge in [0, 0.05) is 41.8 Å². The van der Waals surface area contributed by atoms with Crippen molar-refractivity contribution in [1.29, 1.82) is 0 Å². The van der Waals surface area contributed by atoms with Crippen LogP contribution < -0.4 is 9.46 Å². The standard InChI is InChI=1S/C25H29N3O4S/c1-16-3-7-20(33(30,31)27-18-4-5-18)14-21(16)25(29)28-11-9-17(10-12-28)23-15-26-24-8-6-19(32-2)13-22(23)24/h3,6-8,13-15,17-18,26-27H,4-5,9-12H2,1-2H3. The number of fused-ring (bicyclic) bond motifs is 1. The van der Waals surface area contributed by atoms with Crippen molar-refractivity contribution in [3.05, 3.63) is 59.3 Å². The Morgan fingerprint density at radius 1 is 1.09 bits per heavy atom. The number of benzene rings is 2. The molecular formula is C25H29N3O4S. The second kappa shape index (κ2) is 8.50. The summed E-state index contributed by atoms with van der Waals surface area (Å²) in [5.41, 5.74) is 3.59. The van der Waals surface area contributed by atoms with E-state index in [0.717, 1.165) is 47.9 Å². The van der Waals surface area contributed by atoms with Crippen LogP contribution in [0.1, 0.15) is 53.1 Å². The van der Waals surface area contributed by atoms with E-state index in [9.17, 15) is 13.2 Å². The zero-order chi connectivity index (χ0) is 23.2. The molecule has 2 fully saturated rings. The molecule has 0 bridgehead atoms. The first kappa shape index (κ1) is 22.0. The average molecular weight is 468 g/mol. The number of methoxy groups -OCH3 is 1. The highest BCUT2D eigenvalue weighted by Gasteiger charge is 2.30. The molecule has 1 aliphatic heterocycles. The molecule has 2 N–H and O–H groups in total. The van der Waals surface area contributed by atoms with Gasteiger partial charge in [0.15, 0.2) is 0 Å². The summed E-state index contributed by atoms with van der Waals surface area (Å²) >= 11 is 0. The van der Waals surface area contributed by atoms with Crippen LogP contribution in [0.15, 0.2) is 47.5 Å². The van der Waals surface area contributed by atoms with E-state index < -0.39 is 10.0 Å². The quantitative estimate of drug-likeness (QED) is 0.574. The van der Waals surface area contributed by atoms with E-state index in [-0.39, 0.29) is 16.8 Å². The molecule has 1 saturated carbocycles. The lowest BCUT2D eigenvalue weighted by molar-refractivity contribution is 0.0712. The van der Waals surface area contributed by atoms with E-state index in [0.29, 0.717) is 24.6 Å². The Kier molecular flexibility index (Phi) is 5.66. The van der Waals surface area contributed by atoms with Crippen LogP contribution in [0.4, 0.5) is 0 Å². The highest BCUT2D eigenvalue weighted by molar-refractivity contribution is 7.89. The maximum Gasteiger partial charge on any atom is 0.254 e. The molecule has 1 aromatic heterocycles. The summed E-state index contributed by atoms with van der Waals surface area (Å²) in [7, 11) is -1.93. The van der Waals surface area contributed by atoms with Gasteiger partial charge in [0.05, 0.1) is 12.0 Å². The number of nitrogens with one attached hydrogen (secondary N) is 2. The van der Waals surface area contributed by atoms with Gasteiger partial charge in [-0.1, -0.05) is 6.07 Å². The maximum atomic E-state index is 13.3. The zero-order valence-electron chi connectivity index (χ0n) is 18.9. The van der Waals surface area contributed by atoms with Crippen molar-refractivity contribution in [1.82, 2.24) is 14.6 Å². The van der Waals surface area contributed by atoms with Crippen LogP contribution in [-0.2, 0) is 10.0 Å². The summed E-state index contributed by atoms with van der Waals surface area (Å²) in [4.78, 5) is 18.7. The normalized spacial score (nSPS) is 17.5. The number of aryl methyl sites for hydroxylation is 1. The third kappa shape index (κ3) is 4.37. The minimum atomic E-state index is -3.60. The van der Waals surface area contributed by atoms with Crippen molar-refractivity contribution < 1.29 is 17.9 Å². The van der Waals surface area contributed by atoms with Crippen LogP contribution in [0.2, 0.25) is 0 Å². The van der Waals surface area contributed by atoms with Crippen LogP contribution >= 0.6 is 0 Å². The van der Waals surface area contributed by atoms with Gasteiger partial charge in [-0.25, -0.2) is 13.1 Å². The van der Waals surface area contributed by atoms with Gasteiger partial charge in [-0.2, -0.15) is 0 Å². The number of hydrogen-bond acceptors (Lipinski definition) is 4. The molecule has 8 heteroatoms. The molecule has 0 radical (unpaired) electrons. The fraction of sp³-hybridized carbons (Fsp3) is 0.400. The largest absolute Gasteiger partial charge is 0.497 e. The minimum absolute atomic E-state index is 0.0268. The molecule has 2 heterocycles. The van der Waals surface area contributed by atoms with Gasteiger partial charge in [-0.15, -0.1) is 0 Å². The zero-order valence-corrected chi connectivity index (χ0v) is 19.7. The number of sulfonamides is 1. The molecule has 0 spiro atoms. The molecular weight excluding hydrogens is 438 g/mol. The van der Waals surface area contributed by atoms with Gasteiger partial charge >= 0.3 is 0 Å². The lowest BCUT2D eigenvalue weighted by Gasteiger charge is -2.32. The van der Waals surface area contributed by atoms with Crippen LogP contribution in [-0.4, -0.2) is 50.5 Å². The van der Waals surface area contributed by atoms with Crippen molar-refractivity contribution >= 4 is 26.8 Å². The predicted molar refractivity (Wildman–Crippen MR) is 127 cm³/mol. The Hall–Kier alpha value is -2.84. The van der Waals surface area contributed by atoms with E-state index in [1.54, 1.807) is 19.2 Å².